The van der Waals surface area contributed by atoms with Gasteiger partial charge in [-0.25, -0.2) is 0 Å². The first-order valence-corrected chi connectivity index (χ1v) is 7.40. The Labute approximate surface area is 110 Å². The van der Waals surface area contributed by atoms with Crippen molar-refractivity contribution < 1.29 is 0 Å². The summed E-state index contributed by atoms with van der Waals surface area (Å²) < 4.78 is 0. The fourth-order valence-corrected chi connectivity index (χ4v) is 3.49. The predicted molar refractivity (Wildman–Crippen MR) is 76.9 cm³/mol. The average Bonchev–Trinajstić information content (AvgIpc) is 2.40. The highest BCUT2D eigenvalue weighted by Gasteiger charge is 2.34. The summed E-state index contributed by atoms with van der Waals surface area (Å²) in [4.78, 5) is 0. The zero-order chi connectivity index (χ0) is 12.4. The number of nitrogens with one attached hydrogen (secondary N) is 1. The van der Waals surface area contributed by atoms with Gasteiger partial charge in [-0.05, 0) is 49.8 Å². The molecule has 1 aromatic rings. The number of benzene rings is 1. The molecule has 2 atom stereocenters. The Morgan fingerprint density at radius 1 is 1.28 bits per heavy atom. The molecule has 1 aromatic carbocycles. The third-order valence-electron chi connectivity index (χ3n) is 4.45. The number of allylic oxidation sites excluding steroid dienone is 1. The molecule has 0 saturated heterocycles. The second-order valence-electron chi connectivity index (χ2n) is 5.57. The third-order valence-corrected chi connectivity index (χ3v) is 4.45. The van der Waals surface area contributed by atoms with Gasteiger partial charge >= 0.3 is 0 Å². The fraction of sp³-hybridized carbons (Fsp3) is 0.529. The van der Waals surface area contributed by atoms with Gasteiger partial charge in [0.1, 0.15) is 0 Å². The van der Waals surface area contributed by atoms with Crippen LogP contribution in [0.4, 0.5) is 0 Å². The van der Waals surface area contributed by atoms with Crippen LogP contribution in [-0.2, 0) is 6.42 Å². The Kier molecular flexibility index (Phi) is 3.51. The molecule has 2 unspecified atom stereocenters. The number of fused-ring (bicyclic) bond motifs is 1. The van der Waals surface area contributed by atoms with Gasteiger partial charge in [0.15, 0.2) is 0 Å². The van der Waals surface area contributed by atoms with Crippen LogP contribution in [0.2, 0.25) is 0 Å². The van der Waals surface area contributed by atoms with Crippen molar-refractivity contribution in [1.82, 2.24) is 5.32 Å². The molecule has 0 aromatic heterocycles. The van der Waals surface area contributed by atoms with Crippen molar-refractivity contribution in [3.63, 3.8) is 0 Å². The van der Waals surface area contributed by atoms with E-state index in [0.717, 1.165) is 6.54 Å². The fourth-order valence-electron chi connectivity index (χ4n) is 3.49. The van der Waals surface area contributed by atoms with Crippen LogP contribution in [0.25, 0.3) is 0 Å². The SMILES string of the molecule is CCNC(C1=CCCCC1)C1Cc2ccccc21. The first kappa shape index (κ1) is 12.0. The minimum atomic E-state index is 0.588. The van der Waals surface area contributed by atoms with Crippen molar-refractivity contribution in [1.29, 1.82) is 0 Å². The summed E-state index contributed by atoms with van der Waals surface area (Å²) in [5, 5.41) is 3.73. The van der Waals surface area contributed by atoms with Gasteiger partial charge in [0.05, 0.1) is 0 Å². The van der Waals surface area contributed by atoms with Crippen LogP contribution in [0.3, 0.4) is 0 Å². The van der Waals surface area contributed by atoms with E-state index in [1.165, 1.54) is 32.1 Å². The van der Waals surface area contributed by atoms with Crippen LogP contribution in [0, 0.1) is 0 Å². The summed E-state index contributed by atoms with van der Waals surface area (Å²) in [5.74, 6) is 0.713. The number of likely N-dealkylation sites (N-methyl/N-ethyl adjacent to an activating group) is 1. The summed E-state index contributed by atoms with van der Waals surface area (Å²) in [6.45, 7) is 3.29. The third kappa shape index (κ3) is 2.12. The Balaban J connectivity index is 1.81. The van der Waals surface area contributed by atoms with Crippen LogP contribution in [-0.4, -0.2) is 12.6 Å². The number of hydrogen-bond acceptors (Lipinski definition) is 1. The molecule has 0 heterocycles. The topological polar surface area (TPSA) is 12.0 Å². The summed E-state index contributed by atoms with van der Waals surface area (Å²) in [6.07, 6.45) is 9.09. The van der Waals surface area contributed by atoms with Gasteiger partial charge in [-0.1, -0.05) is 42.8 Å². The lowest BCUT2D eigenvalue weighted by atomic mass is 9.70. The van der Waals surface area contributed by atoms with Gasteiger partial charge in [0.25, 0.3) is 0 Å². The molecule has 0 bridgehead atoms. The standard InChI is InChI=1S/C17H23N/c1-2-18-17(13-8-4-3-5-9-13)16-12-14-10-6-7-11-15(14)16/h6-8,10-11,16-18H,2-5,9,12H2,1H3. The second kappa shape index (κ2) is 5.27. The maximum absolute atomic E-state index is 3.73. The first-order chi connectivity index (χ1) is 8.90. The summed E-state index contributed by atoms with van der Waals surface area (Å²) in [5.41, 5.74) is 4.80. The lowest BCUT2D eigenvalue weighted by molar-refractivity contribution is 0.432. The molecule has 0 saturated carbocycles. The molecule has 96 valence electrons. The highest BCUT2D eigenvalue weighted by atomic mass is 14.9. The van der Waals surface area contributed by atoms with E-state index in [9.17, 15) is 0 Å². The Bertz CT molecular complexity index is 447. The summed E-state index contributed by atoms with van der Waals surface area (Å²) >= 11 is 0. The normalized spacial score (nSPS) is 23.8. The van der Waals surface area contributed by atoms with E-state index < -0.39 is 0 Å². The molecule has 2 aliphatic carbocycles. The zero-order valence-electron chi connectivity index (χ0n) is 11.3. The summed E-state index contributed by atoms with van der Waals surface area (Å²) in [6, 6.07) is 9.53. The maximum atomic E-state index is 3.73. The van der Waals surface area contributed by atoms with E-state index in [-0.39, 0.29) is 0 Å². The first-order valence-electron chi connectivity index (χ1n) is 7.40. The van der Waals surface area contributed by atoms with Crippen molar-refractivity contribution in [2.75, 3.05) is 6.54 Å². The molecule has 0 amide bonds. The van der Waals surface area contributed by atoms with E-state index in [1.54, 1.807) is 16.7 Å². The van der Waals surface area contributed by atoms with Gasteiger partial charge in [-0.3, -0.25) is 0 Å². The second-order valence-corrected chi connectivity index (χ2v) is 5.57. The monoisotopic (exact) mass is 241 g/mol. The van der Waals surface area contributed by atoms with Crippen molar-refractivity contribution in [3.05, 3.63) is 47.0 Å². The number of hydrogen-bond donors (Lipinski definition) is 1. The van der Waals surface area contributed by atoms with Crippen LogP contribution in [0.1, 0.15) is 49.7 Å². The van der Waals surface area contributed by atoms with Gasteiger partial charge in [-0.15, -0.1) is 0 Å². The molecule has 1 nitrogen and oxygen atoms in total. The lowest BCUT2D eigenvalue weighted by Crippen LogP contribution is -2.41. The molecule has 0 aliphatic heterocycles. The molecule has 2 aliphatic rings. The van der Waals surface area contributed by atoms with Crippen molar-refractivity contribution in [2.45, 2.75) is 51.0 Å². The van der Waals surface area contributed by atoms with E-state index >= 15 is 0 Å². The van der Waals surface area contributed by atoms with Crippen LogP contribution in [0.5, 0.6) is 0 Å². The highest BCUT2D eigenvalue weighted by molar-refractivity contribution is 5.43. The largest absolute Gasteiger partial charge is 0.310 e. The van der Waals surface area contributed by atoms with Gasteiger partial charge in [0, 0.05) is 12.0 Å². The molecule has 0 spiro atoms. The Morgan fingerprint density at radius 3 is 2.89 bits per heavy atom. The molecule has 0 fully saturated rings. The van der Waals surface area contributed by atoms with E-state index in [0.29, 0.717) is 12.0 Å². The van der Waals surface area contributed by atoms with Gasteiger partial charge in [0.2, 0.25) is 0 Å². The molecule has 0 radical (unpaired) electrons. The van der Waals surface area contributed by atoms with Crippen LogP contribution >= 0.6 is 0 Å². The van der Waals surface area contributed by atoms with Crippen molar-refractivity contribution in [3.8, 4) is 0 Å². The Morgan fingerprint density at radius 2 is 2.17 bits per heavy atom. The minimum Gasteiger partial charge on any atom is -0.310 e. The number of rotatable bonds is 4. The molecular formula is C17H23N. The molecule has 1 heteroatoms. The minimum absolute atomic E-state index is 0.588. The maximum Gasteiger partial charge on any atom is 0.0351 e. The molecule has 3 rings (SSSR count). The lowest BCUT2D eigenvalue weighted by Gasteiger charge is -2.39. The molecular weight excluding hydrogens is 218 g/mol. The molecule has 1 N–H and O–H groups in total. The quantitative estimate of drug-likeness (QED) is 0.791. The highest BCUT2D eigenvalue weighted by Crippen LogP contribution is 2.40. The van der Waals surface area contributed by atoms with Gasteiger partial charge in [-0.2, -0.15) is 0 Å². The summed E-state index contributed by atoms with van der Waals surface area (Å²) in [7, 11) is 0. The predicted octanol–water partition coefficient (Wildman–Crippen LogP) is 3.80. The van der Waals surface area contributed by atoms with E-state index in [4.69, 9.17) is 0 Å². The zero-order valence-corrected chi connectivity index (χ0v) is 11.3. The average molecular weight is 241 g/mol. The molecule has 18 heavy (non-hydrogen) atoms. The van der Waals surface area contributed by atoms with Crippen LogP contribution in [0.15, 0.2) is 35.9 Å². The Hall–Kier alpha value is -1.08. The van der Waals surface area contributed by atoms with Crippen molar-refractivity contribution >= 4 is 0 Å². The van der Waals surface area contributed by atoms with Gasteiger partial charge < -0.3 is 5.32 Å². The van der Waals surface area contributed by atoms with Crippen LogP contribution < -0.4 is 5.32 Å². The van der Waals surface area contributed by atoms with E-state index in [1.807, 2.05) is 0 Å². The van der Waals surface area contributed by atoms with E-state index in [2.05, 4.69) is 42.6 Å². The van der Waals surface area contributed by atoms with Crippen molar-refractivity contribution in [2.24, 2.45) is 0 Å². The smallest absolute Gasteiger partial charge is 0.0351 e.